The van der Waals surface area contributed by atoms with Crippen molar-refractivity contribution in [3.63, 3.8) is 0 Å². The van der Waals surface area contributed by atoms with Crippen LogP contribution in [0.2, 0.25) is 0 Å². The zero-order valence-corrected chi connectivity index (χ0v) is 11.3. The molecule has 2 aromatic rings. The van der Waals surface area contributed by atoms with Crippen LogP contribution in [-0.2, 0) is 6.42 Å². The number of benzene rings is 1. The zero-order chi connectivity index (χ0) is 13.2. The molecule has 0 spiro atoms. The van der Waals surface area contributed by atoms with E-state index in [1.54, 1.807) is 13.3 Å². The summed E-state index contributed by atoms with van der Waals surface area (Å²) in [7, 11) is 3.69. The van der Waals surface area contributed by atoms with Crippen LogP contribution in [0.1, 0.15) is 23.6 Å². The summed E-state index contributed by atoms with van der Waals surface area (Å²) in [5, 5.41) is 3.38. The standard InChI is InChI=1S/C16H18N2O/c1-17-15-8-7-11-5-6-12(10-14(11)15)13-4-3-9-18-16(13)19-2/h3-6,9-10,15,17H,7-8H2,1-2H3. The van der Waals surface area contributed by atoms with E-state index in [4.69, 9.17) is 4.74 Å². The van der Waals surface area contributed by atoms with Crippen molar-refractivity contribution in [2.24, 2.45) is 0 Å². The predicted octanol–water partition coefficient (Wildman–Crippen LogP) is 2.96. The minimum Gasteiger partial charge on any atom is -0.481 e. The van der Waals surface area contributed by atoms with Crippen molar-refractivity contribution in [1.29, 1.82) is 0 Å². The summed E-state index contributed by atoms with van der Waals surface area (Å²) in [4.78, 5) is 4.27. The van der Waals surface area contributed by atoms with Gasteiger partial charge in [-0.25, -0.2) is 4.98 Å². The highest BCUT2D eigenvalue weighted by Crippen LogP contribution is 2.36. The smallest absolute Gasteiger partial charge is 0.221 e. The molecule has 1 aromatic carbocycles. The molecule has 1 unspecified atom stereocenters. The number of nitrogens with zero attached hydrogens (tertiary/aromatic N) is 1. The number of nitrogens with one attached hydrogen (secondary N) is 1. The number of pyridine rings is 1. The summed E-state index contributed by atoms with van der Waals surface area (Å²) in [6, 6.07) is 11.1. The lowest BCUT2D eigenvalue weighted by Gasteiger charge is -2.13. The van der Waals surface area contributed by atoms with Gasteiger partial charge >= 0.3 is 0 Å². The number of aryl methyl sites for hydroxylation is 1. The van der Waals surface area contributed by atoms with Crippen LogP contribution in [0.4, 0.5) is 0 Å². The first-order valence-electron chi connectivity index (χ1n) is 6.63. The van der Waals surface area contributed by atoms with Gasteiger partial charge in [0.15, 0.2) is 0 Å². The van der Waals surface area contributed by atoms with Crippen LogP contribution in [0.5, 0.6) is 5.88 Å². The summed E-state index contributed by atoms with van der Waals surface area (Å²) >= 11 is 0. The van der Waals surface area contributed by atoms with Gasteiger partial charge in [0.25, 0.3) is 0 Å². The number of aromatic nitrogens is 1. The van der Waals surface area contributed by atoms with E-state index in [2.05, 4.69) is 34.6 Å². The number of methoxy groups -OCH3 is 1. The second kappa shape index (κ2) is 5.02. The number of ether oxygens (including phenoxy) is 1. The van der Waals surface area contributed by atoms with Crippen LogP contribution in [0.25, 0.3) is 11.1 Å². The Balaban J connectivity index is 2.07. The molecule has 0 saturated heterocycles. The lowest BCUT2D eigenvalue weighted by atomic mass is 10.00. The van der Waals surface area contributed by atoms with E-state index >= 15 is 0 Å². The van der Waals surface area contributed by atoms with E-state index < -0.39 is 0 Å². The van der Waals surface area contributed by atoms with E-state index in [1.165, 1.54) is 23.1 Å². The SMILES string of the molecule is CNC1CCc2ccc(-c3cccnc3OC)cc21. The average molecular weight is 254 g/mol. The third-order valence-corrected chi connectivity index (χ3v) is 3.85. The monoisotopic (exact) mass is 254 g/mol. The lowest BCUT2D eigenvalue weighted by Crippen LogP contribution is -2.12. The highest BCUT2D eigenvalue weighted by Gasteiger charge is 2.21. The Morgan fingerprint density at radius 3 is 3.00 bits per heavy atom. The zero-order valence-electron chi connectivity index (χ0n) is 11.3. The van der Waals surface area contributed by atoms with Gasteiger partial charge in [0.2, 0.25) is 5.88 Å². The summed E-state index contributed by atoms with van der Waals surface area (Å²) in [5.74, 6) is 0.682. The molecule has 98 valence electrons. The van der Waals surface area contributed by atoms with E-state index in [1.807, 2.05) is 13.1 Å². The molecule has 1 heterocycles. The van der Waals surface area contributed by atoms with E-state index in [0.29, 0.717) is 11.9 Å². The van der Waals surface area contributed by atoms with E-state index in [9.17, 15) is 0 Å². The first kappa shape index (κ1) is 12.2. The van der Waals surface area contributed by atoms with Crippen molar-refractivity contribution in [3.8, 4) is 17.0 Å². The number of rotatable bonds is 3. The Labute approximate surface area is 113 Å². The van der Waals surface area contributed by atoms with Crippen molar-refractivity contribution in [1.82, 2.24) is 10.3 Å². The second-order valence-corrected chi connectivity index (χ2v) is 4.85. The minimum absolute atomic E-state index is 0.470. The molecule has 0 fully saturated rings. The summed E-state index contributed by atoms with van der Waals surface area (Å²) in [6.07, 6.45) is 4.09. The van der Waals surface area contributed by atoms with Gasteiger partial charge in [0.1, 0.15) is 0 Å². The van der Waals surface area contributed by atoms with Gasteiger partial charge in [-0.2, -0.15) is 0 Å². The quantitative estimate of drug-likeness (QED) is 0.914. The highest BCUT2D eigenvalue weighted by atomic mass is 16.5. The average Bonchev–Trinajstić information content (AvgIpc) is 2.89. The fourth-order valence-electron chi connectivity index (χ4n) is 2.84. The molecular weight excluding hydrogens is 236 g/mol. The molecule has 1 N–H and O–H groups in total. The molecule has 0 bridgehead atoms. The molecule has 0 radical (unpaired) electrons. The van der Waals surface area contributed by atoms with Gasteiger partial charge in [0, 0.05) is 17.8 Å². The topological polar surface area (TPSA) is 34.2 Å². The maximum Gasteiger partial charge on any atom is 0.221 e. The van der Waals surface area contributed by atoms with Crippen molar-refractivity contribution >= 4 is 0 Å². The maximum absolute atomic E-state index is 5.35. The Bertz CT molecular complexity index is 595. The fourth-order valence-corrected chi connectivity index (χ4v) is 2.84. The molecule has 1 aromatic heterocycles. The van der Waals surface area contributed by atoms with Crippen LogP contribution in [0.15, 0.2) is 36.5 Å². The van der Waals surface area contributed by atoms with Gasteiger partial charge in [-0.05, 0) is 54.8 Å². The van der Waals surface area contributed by atoms with Crippen molar-refractivity contribution in [2.75, 3.05) is 14.2 Å². The predicted molar refractivity (Wildman–Crippen MR) is 76.3 cm³/mol. The maximum atomic E-state index is 5.35. The van der Waals surface area contributed by atoms with Crippen LogP contribution < -0.4 is 10.1 Å². The van der Waals surface area contributed by atoms with Crippen LogP contribution in [0.3, 0.4) is 0 Å². The highest BCUT2D eigenvalue weighted by molar-refractivity contribution is 5.70. The Morgan fingerprint density at radius 1 is 1.32 bits per heavy atom. The third kappa shape index (κ3) is 2.10. The first-order valence-corrected chi connectivity index (χ1v) is 6.63. The molecule has 0 saturated carbocycles. The molecule has 1 aliphatic rings. The first-order chi connectivity index (χ1) is 9.33. The van der Waals surface area contributed by atoms with Gasteiger partial charge in [-0.15, -0.1) is 0 Å². The number of fused-ring (bicyclic) bond motifs is 1. The molecule has 1 aliphatic carbocycles. The Hall–Kier alpha value is -1.87. The fraction of sp³-hybridized carbons (Fsp3) is 0.312. The summed E-state index contributed by atoms with van der Waals surface area (Å²) < 4.78 is 5.35. The molecule has 1 atom stereocenters. The summed E-state index contributed by atoms with van der Waals surface area (Å²) in [6.45, 7) is 0. The molecule has 3 rings (SSSR count). The van der Waals surface area contributed by atoms with Gasteiger partial charge in [-0.3, -0.25) is 0 Å². The van der Waals surface area contributed by atoms with E-state index in [-0.39, 0.29) is 0 Å². The van der Waals surface area contributed by atoms with Crippen molar-refractivity contribution in [3.05, 3.63) is 47.7 Å². The van der Waals surface area contributed by atoms with Gasteiger partial charge in [-0.1, -0.05) is 12.1 Å². The number of hydrogen-bond donors (Lipinski definition) is 1. The van der Waals surface area contributed by atoms with Crippen molar-refractivity contribution < 1.29 is 4.74 Å². The second-order valence-electron chi connectivity index (χ2n) is 4.85. The van der Waals surface area contributed by atoms with Crippen LogP contribution in [0, 0.1) is 0 Å². The van der Waals surface area contributed by atoms with Crippen molar-refractivity contribution in [2.45, 2.75) is 18.9 Å². The van der Waals surface area contributed by atoms with Crippen LogP contribution in [-0.4, -0.2) is 19.1 Å². The normalized spacial score (nSPS) is 17.3. The largest absolute Gasteiger partial charge is 0.481 e. The summed E-state index contributed by atoms with van der Waals surface area (Å²) in [5.41, 5.74) is 5.08. The minimum atomic E-state index is 0.470. The van der Waals surface area contributed by atoms with Gasteiger partial charge < -0.3 is 10.1 Å². The Kier molecular flexibility index (Phi) is 3.22. The molecule has 3 heteroatoms. The van der Waals surface area contributed by atoms with Crippen LogP contribution >= 0.6 is 0 Å². The molecule has 0 aliphatic heterocycles. The molecule has 19 heavy (non-hydrogen) atoms. The lowest BCUT2D eigenvalue weighted by molar-refractivity contribution is 0.399. The molecular formula is C16H18N2O. The molecule has 3 nitrogen and oxygen atoms in total. The molecule has 0 amide bonds. The van der Waals surface area contributed by atoms with Gasteiger partial charge in [0.05, 0.1) is 7.11 Å². The van der Waals surface area contributed by atoms with E-state index in [0.717, 1.165) is 12.0 Å². The number of hydrogen-bond acceptors (Lipinski definition) is 3. The Morgan fingerprint density at radius 2 is 2.21 bits per heavy atom. The third-order valence-electron chi connectivity index (χ3n) is 3.85.